The molecule has 3 aromatic carbocycles. The number of aliphatic carboxylic acids is 1. The number of nitrogens with zero attached hydrogens (tertiary/aromatic N) is 1. The molecule has 1 heterocycles. The second kappa shape index (κ2) is 8.48. The number of rotatable bonds is 5. The van der Waals surface area contributed by atoms with Crippen LogP contribution in [0.5, 0.6) is 0 Å². The quantitative estimate of drug-likeness (QED) is 0.679. The Labute approximate surface area is 170 Å². The van der Waals surface area contributed by atoms with Crippen molar-refractivity contribution in [3.05, 3.63) is 83.4 Å². The number of hydrogen-bond acceptors (Lipinski definition) is 2. The minimum Gasteiger partial charge on any atom is -0.481 e. The highest BCUT2D eigenvalue weighted by molar-refractivity contribution is 5.98. The number of carbonyl (C=O) groups is 2. The first-order valence-corrected chi connectivity index (χ1v) is 10.2. The Bertz CT molecular complexity index is 1030. The van der Waals surface area contributed by atoms with Crippen molar-refractivity contribution >= 4 is 22.6 Å². The molecule has 1 amide bonds. The Kier molecular flexibility index (Phi) is 5.61. The molecule has 4 rings (SSSR count). The summed E-state index contributed by atoms with van der Waals surface area (Å²) in [6.07, 6.45) is 2.52. The molecule has 0 bridgehead atoms. The number of fused-ring (bicyclic) bond motifs is 1. The largest absolute Gasteiger partial charge is 0.481 e. The molecule has 1 N–H and O–H groups in total. The standard InChI is InChI=1S/C25H25NO3/c27-24(28)12-11-19-6-3-4-8-23(19)20-13-15-26(16-14-20)25(29)22-10-9-18-5-1-2-7-21(18)17-22/h1-10,17,20H,11-16H2,(H,27,28). The fraction of sp³-hybridized carbons (Fsp3) is 0.280. The highest BCUT2D eigenvalue weighted by atomic mass is 16.4. The van der Waals surface area contributed by atoms with Gasteiger partial charge in [-0.2, -0.15) is 0 Å². The number of likely N-dealkylation sites (tertiary alicyclic amines) is 1. The smallest absolute Gasteiger partial charge is 0.303 e. The van der Waals surface area contributed by atoms with Crippen molar-refractivity contribution in [3.63, 3.8) is 0 Å². The van der Waals surface area contributed by atoms with E-state index in [1.165, 1.54) is 5.56 Å². The lowest BCUT2D eigenvalue weighted by molar-refractivity contribution is -0.136. The number of carboxylic acids is 1. The van der Waals surface area contributed by atoms with Crippen molar-refractivity contribution < 1.29 is 14.7 Å². The fourth-order valence-corrected chi connectivity index (χ4v) is 4.30. The Morgan fingerprint density at radius 2 is 1.59 bits per heavy atom. The Hall–Kier alpha value is -3.14. The first-order chi connectivity index (χ1) is 14.1. The van der Waals surface area contributed by atoms with Gasteiger partial charge in [-0.25, -0.2) is 0 Å². The number of carboxylic acid groups (broad SMARTS) is 1. The number of hydrogen-bond donors (Lipinski definition) is 1. The zero-order chi connectivity index (χ0) is 20.2. The summed E-state index contributed by atoms with van der Waals surface area (Å²) >= 11 is 0. The van der Waals surface area contributed by atoms with Crippen LogP contribution in [0.2, 0.25) is 0 Å². The third-order valence-electron chi connectivity index (χ3n) is 5.88. The predicted molar refractivity (Wildman–Crippen MR) is 114 cm³/mol. The molecule has 1 aliphatic heterocycles. The maximum absolute atomic E-state index is 13.0. The van der Waals surface area contributed by atoms with E-state index in [2.05, 4.69) is 12.1 Å². The van der Waals surface area contributed by atoms with E-state index in [0.29, 0.717) is 12.3 Å². The molecule has 4 nitrogen and oxygen atoms in total. The molecule has 0 saturated carbocycles. The third kappa shape index (κ3) is 4.32. The molecule has 0 atom stereocenters. The van der Waals surface area contributed by atoms with E-state index in [1.807, 2.05) is 59.5 Å². The van der Waals surface area contributed by atoms with Crippen LogP contribution in [-0.2, 0) is 11.2 Å². The average molecular weight is 387 g/mol. The van der Waals surface area contributed by atoms with Crippen molar-refractivity contribution in [3.8, 4) is 0 Å². The summed E-state index contributed by atoms with van der Waals surface area (Å²) in [6, 6.07) is 22.1. The van der Waals surface area contributed by atoms with Crippen LogP contribution in [0, 0.1) is 0 Å². The summed E-state index contributed by atoms with van der Waals surface area (Å²) in [5.41, 5.74) is 3.10. The molecule has 1 fully saturated rings. The molecule has 3 aromatic rings. The van der Waals surface area contributed by atoms with E-state index in [-0.39, 0.29) is 12.3 Å². The molecular weight excluding hydrogens is 362 g/mol. The maximum Gasteiger partial charge on any atom is 0.303 e. The van der Waals surface area contributed by atoms with Crippen molar-refractivity contribution in [1.29, 1.82) is 0 Å². The Morgan fingerprint density at radius 3 is 2.34 bits per heavy atom. The van der Waals surface area contributed by atoms with Crippen LogP contribution in [0.4, 0.5) is 0 Å². The van der Waals surface area contributed by atoms with Gasteiger partial charge < -0.3 is 10.0 Å². The van der Waals surface area contributed by atoms with Crippen molar-refractivity contribution in [2.45, 2.75) is 31.6 Å². The molecule has 148 valence electrons. The molecule has 0 unspecified atom stereocenters. The zero-order valence-corrected chi connectivity index (χ0v) is 16.4. The SMILES string of the molecule is O=C(O)CCc1ccccc1C1CCN(C(=O)c2ccc3ccccc3c2)CC1. The summed E-state index contributed by atoms with van der Waals surface area (Å²) in [7, 11) is 0. The predicted octanol–water partition coefficient (Wildman–Crippen LogP) is 4.88. The van der Waals surface area contributed by atoms with Crippen LogP contribution in [-0.4, -0.2) is 35.0 Å². The number of aryl methyl sites for hydroxylation is 1. The van der Waals surface area contributed by atoms with Gasteiger partial charge in [0, 0.05) is 25.1 Å². The zero-order valence-electron chi connectivity index (χ0n) is 16.4. The van der Waals surface area contributed by atoms with Crippen LogP contribution in [0.15, 0.2) is 66.7 Å². The fourth-order valence-electron chi connectivity index (χ4n) is 4.30. The van der Waals surface area contributed by atoms with Gasteiger partial charge in [0.15, 0.2) is 0 Å². The van der Waals surface area contributed by atoms with Crippen molar-refractivity contribution in [1.82, 2.24) is 4.90 Å². The van der Waals surface area contributed by atoms with Gasteiger partial charge in [0.25, 0.3) is 5.91 Å². The van der Waals surface area contributed by atoms with E-state index in [9.17, 15) is 9.59 Å². The van der Waals surface area contributed by atoms with Gasteiger partial charge in [-0.15, -0.1) is 0 Å². The van der Waals surface area contributed by atoms with E-state index < -0.39 is 5.97 Å². The lowest BCUT2D eigenvalue weighted by Crippen LogP contribution is -2.38. The van der Waals surface area contributed by atoms with E-state index in [1.54, 1.807) is 0 Å². The topological polar surface area (TPSA) is 57.6 Å². The highest BCUT2D eigenvalue weighted by Gasteiger charge is 2.26. The summed E-state index contributed by atoms with van der Waals surface area (Å²) in [6.45, 7) is 1.45. The van der Waals surface area contributed by atoms with Gasteiger partial charge in [-0.3, -0.25) is 9.59 Å². The molecular formula is C25H25NO3. The minimum absolute atomic E-state index is 0.0911. The van der Waals surface area contributed by atoms with Gasteiger partial charge in [-0.05, 0) is 59.2 Å². The number of benzene rings is 3. The lowest BCUT2D eigenvalue weighted by atomic mass is 9.85. The maximum atomic E-state index is 13.0. The van der Waals surface area contributed by atoms with E-state index in [4.69, 9.17) is 5.11 Å². The molecule has 1 aliphatic rings. The number of piperidine rings is 1. The third-order valence-corrected chi connectivity index (χ3v) is 5.88. The minimum atomic E-state index is -0.768. The monoisotopic (exact) mass is 387 g/mol. The summed E-state index contributed by atoms with van der Waals surface area (Å²) in [4.78, 5) is 25.9. The second-order valence-corrected chi connectivity index (χ2v) is 7.72. The van der Waals surface area contributed by atoms with E-state index in [0.717, 1.165) is 47.8 Å². The summed E-state index contributed by atoms with van der Waals surface area (Å²) < 4.78 is 0. The van der Waals surface area contributed by atoms with E-state index >= 15 is 0 Å². The van der Waals surface area contributed by atoms with Crippen LogP contribution >= 0.6 is 0 Å². The number of amides is 1. The summed E-state index contributed by atoms with van der Waals surface area (Å²) in [5, 5.41) is 11.2. The molecule has 4 heteroatoms. The second-order valence-electron chi connectivity index (χ2n) is 7.72. The molecule has 1 saturated heterocycles. The Morgan fingerprint density at radius 1 is 0.897 bits per heavy atom. The van der Waals surface area contributed by atoms with Crippen LogP contribution in [0.25, 0.3) is 10.8 Å². The van der Waals surface area contributed by atoms with Crippen LogP contribution in [0.1, 0.15) is 46.7 Å². The van der Waals surface area contributed by atoms with Gasteiger partial charge in [-0.1, -0.05) is 54.6 Å². The molecule has 0 aliphatic carbocycles. The highest BCUT2D eigenvalue weighted by Crippen LogP contribution is 2.31. The van der Waals surface area contributed by atoms with Crippen LogP contribution < -0.4 is 0 Å². The van der Waals surface area contributed by atoms with Crippen molar-refractivity contribution in [2.24, 2.45) is 0 Å². The van der Waals surface area contributed by atoms with Gasteiger partial charge >= 0.3 is 5.97 Å². The molecule has 0 radical (unpaired) electrons. The van der Waals surface area contributed by atoms with Crippen LogP contribution in [0.3, 0.4) is 0 Å². The summed E-state index contributed by atoms with van der Waals surface area (Å²) in [5.74, 6) is -0.301. The average Bonchev–Trinajstić information content (AvgIpc) is 2.77. The normalized spacial score (nSPS) is 14.8. The first-order valence-electron chi connectivity index (χ1n) is 10.2. The van der Waals surface area contributed by atoms with Gasteiger partial charge in [0.1, 0.15) is 0 Å². The van der Waals surface area contributed by atoms with Crippen molar-refractivity contribution in [2.75, 3.05) is 13.1 Å². The van der Waals surface area contributed by atoms with Gasteiger partial charge in [0.05, 0.1) is 0 Å². The number of carbonyl (C=O) groups excluding carboxylic acids is 1. The lowest BCUT2D eigenvalue weighted by Gasteiger charge is -2.33. The molecule has 29 heavy (non-hydrogen) atoms. The Balaban J connectivity index is 1.44. The first kappa shape index (κ1) is 19.2. The molecule has 0 aromatic heterocycles. The molecule has 0 spiro atoms. The van der Waals surface area contributed by atoms with Gasteiger partial charge in [0.2, 0.25) is 0 Å².